The van der Waals surface area contributed by atoms with Gasteiger partial charge >= 0.3 is 0 Å². The molecule has 13 heavy (non-hydrogen) atoms. The Balaban J connectivity index is 2.73. The molecule has 0 amide bonds. The van der Waals surface area contributed by atoms with Crippen LogP contribution < -0.4 is 0 Å². The number of hydrogen-bond donors (Lipinski definition) is 1. The molecule has 1 saturated carbocycles. The SMILES string of the molecule is N#CC(C1CCCCC1)S(=O)(=O)O. The predicted molar refractivity (Wildman–Crippen MR) is 47.5 cm³/mol. The number of hydrogen-bond acceptors (Lipinski definition) is 3. The van der Waals surface area contributed by atoms with E-state index < -0.39 is 15.4 Å². The topological polar surface area (TPSA) is 78.2 Å². The average Bonchev–Trinajstić information content (AvgIpc) is 2.05. The van der Waals surface area contributed by atoms with Crippen molar-refractivity contribution in [2.75, 3.05) is 0 Å². The van der Waals surface area contributed by atoms with Crippen molar-refractivity contribution in [3.8, 4) is 6.07 Å². The Morgan fingerprint density at radius 1 is 1.31 bits per heavy atom. The number of nitriles is 1. The quantitative estimate of drug-likeness (QED) is 0.687. The molecule has 74 valence electrons. The van der Waals surface area contributed by atoms with Gasteiger partial charge in [0.15, 0.2) is 5.25 Å². The first-order valence-electron chi connectivity index (χ1n) is 4.41. The van der Waals surface area contributed by atoms with Gasteiger partial charge in [-0.3, -0.25) is 4.55 Å². The van der Waals surface area contributed by atoms with Crippen molar-refractivity contribution in [3.05, 3.63) is 0 Å². The summed E-state index contributed by atoms with van der Waals surface area (Å²) >= 11 is 0. The zero-order valence-electron chi connectivity index (χ0n) is 7.31. The lowest BCUT2D eigenvalue weighted by Crippen LogP contribution is -2.29. The molecular formula is C8H13NO3S. The molecule has 5 heteroatoms. The largest absolute Gasteiger partial charge is 0.285 e. The highest BCUT2D eigenvalue weighted by molar-refractivity contribution is 7.86. The fourth-order valence-electron chi connectivity index (χ4n) is 1.85. The van der Waals surface area contributed by atoms with E-state index in [0.717, 1.165) is 32.1 Å². The maximum atomic E-state index is 10.8. The second kappa shape index (κ2) is 4.07. The molecule has 1 atom stereocenters. The molecule has 0 aromatic carbocycles. The van der Waals surface area contributed by atoms with Gasteiger partial charge in [0, 0.05) is 0 Å². The fraction of sp³-hybridized carbons (Fsp3) is 0.875. The highest BCUT2D eigenvalue weighted by atomic mass is 32.2. The molecule has 0 aromatic rings. The maximum Gasteiger partial charge on any atom is 0.281 e. The fourth-order valence-corrected chi connectivity index (χ4v) is 2.74. The minimum atomic E-state index is -4.18. The van der Waals surface area contributed by atoms with E-state index in [2.05, 4.69) is 0 Å². The molecule has 1 aliphatic rings. The standard InChI is InChI=1S/C8H13NO3S/c9-6-8(13(10,11)12)7-4-2-1-3-5-7/h7-8H,1-5H2,(H,10,11,12). The van der Waals surface area contributed by atoms with Crippen LogP contribution in [0.15, 0.2) is 0 Å². The second-order valence-electron chi connectivity index (χ2n) is 3.46. The lowest BCUT2D eigenvalue weighted by atomic mass is 9.87. The average molecular weight is 203 g/mol. The summed E-state index contributed by atoms with van der Waals surface area (Å²) in [4.78, 5) is 0. The highest BCUT2D eigenvalue weighted by Crippen LogP contribution is 2.29. The summed E-state index contributed by atoms with van der Waals surface area (Å²) in [6.45, 7) is 0. The van der Waals surface area contributed by atoms with Crippen LogP contribution in [0, 0.1) is 17.2 Å². The number of rotatable bonds is 2. The molecular weight excluding hydrogens is 190 g/mol. The second-order valence-corrected chi connectivity index (χ2v) is 5.00. The van der Waals surface area contributed by atoms with Gasteiger partial charge in [-0.1, -0.05) is 19.3 Å². The zero-order valence-corrected chi connectivity index (χ0v) is 8.13. The maximum absolute atomic E-state index is 10.8. The van der Waals surface area contributed by atoms with Crippen LogP contribution in [-0.2, 0) is 10.1 Å². The third-order valence-electron chi connectivity index (χ3n) is 2.53. The van der Waals surface area contributed by atoms with Crippen molar-refractivity contribution in [1.82, 2.24) is 0 Å². The van der Waals surface area contributed by atoms with Crippen molar-refractivity contribution < 1.29 is 13.0 Å². The van der Waals surface area contributed by atoms with E-state index in [1.165, 1.54) is 0 Å². The molecule has 1 rings (SSSR count). The third-order valence-corrected chi connectivity index (χ3v) is 3.66. The minimum Gasteiger partial charge on any atom is -0.285 e. The lowest BCUT2D eigenvalue weighted by molar-refractivity contribution is 0.350. The van der Waals surface area contributed by atoms with E-state index in [1.807, 2.05) is 0 Å². The summed E-state index contributed by atoms with van der Waals surface area (Å²) in [6.07, 6.45) is 4.48. The van der Waals surface area contributed by atoms with Crippen molar-refractivity contribution in [1.29, 1.82) is 5.26 Å². The van der Waals surface area contributed by atoms with Crippen LogP contribution in [0.3, 0.4) is 0 Å². The van der Waals surface area contributed by atoms with Crippen LogP contribution in [0.5, 0.6) is 0 Å². The Hall–Kier alpha value is -0.600. The molecule has 0 spiro atoms. The Labute approximate surface area is 78.3 Å². The van der Waals surface area contributed by atoms with E-state index >= 15 is 0 Å². The van der Waals surface area contributed by atoms with Gasteiger partial charge in [-0.05, 0) is 18.8 Å². The first-order valence-corrected chi connectivity index (χ1v) is 5.92. The Bertz CT molecular complexity index is 298. The summed E-state index contributed by atoms with van der Waals surface area (Å²) in [5.41, 5.74) is 0. The number of nitrogens with zero attached hydrogens (tertiary/aromatic N) is 1. The smallest absolute Gasteiger partial charge is 0.281 e. The third kappa shape index (κ3) is 2.68. The summed E-state index contributed by atoms with van der Waals surface area (Å²) < 4.78 is 30.4. The van der Waals surface area contributed by atoms with E-state index in [1.54, 1.807) is 6.07 Å². The molecule has 0 bridgehead atoms. The van der Waals surface area contributed by atoms with E-state index in [4.69, 9.17) is 9.81 Å². The van der Waals surface area contributed by atoms with Crippen molar-refractivity contribution >= 4 is 10.1 Å². The predicted octanol–water partition coefficient (Wildman–Crippen LogP) is 1.35. The summed E-state index contributed by atoms with van der Waals surface area (Å²) in [5, 5.41) is 7.41. The molecule has 4 nitrogen and oxygen atoms in total. The van der Waals surface area contributed by atoms with Crippen LogP contribution in [0.4, 0.5) is 0 Å². The van der Waals surface area contributed by atoms with Crippen molar-refractivity contribution in [2.24, 2.45) is 5.92 Å². The first kappa shape index (κ1) is 10.5. The van der Waals surface area contributed by atoms with Gasteiger partial charge in [0.25, 0.3) is 10.1 Å². The van der Waals surface area contributed by atoms with Gasteiger partial charge in [-0.15, -0.1) is 0 Å². The van der Waals surface area contributed by atoms with Crippen molar-refractivity contribution in [3.63, 3.8) is 0 Å². The van der Waals surface area contributed by atoms with E-state index in [9.17, 15) is 8.42 Å². The molecule has 0 aromatic heterocycles. The van der Waals surface area contributed by atoms with Gasteiger partial charge in [0.2, 0.25) is 0 Å². The van der Waals surface area contributed by atoms with Crippen LogP contribution in [0.1, 0.15) is 32.1 Å². The Morgan fingerprint density at radius 2 is 1.85 bits per heavy atom. The van der Waals surface area contributed by atoms with Crippen LogP contribution in [0.2, 0.25) is 0 Å². The van der Waals surface area contributed by atoms with Gasteiger partial charge in [0.05, 0.1) is 6.07 Å². The normalized spacial score (nSPS) is 22.2. The van der Waals surface area contributed by atoms with E-state index in [0.29, 0.717) is 0 Å². The summed E-state index contributed by atoms with van der Waals surface area (Å²) in [6, 6.07) is 1.67. The Morgan fingerprint density at radius 3 is 2.23 bits per heavy atom. The molecule has 0 aliphatic heterocycles. The monoisotopic (exact) mass is 203 g/mol. The molecule has 1 unspecified atom stereocenters. The van der Waals surface area contributed by atoms with Crippen molar-refractivity contribution in [2.45, 2.75) is 37.4 Å². The Kier molecular flexibility index (Phi) is 3.28. The van der Waals surface area contributed by atoms with Crippen LogP contribution in [-0.4, -0.2) is 18.2 Å². The lowest BCUT2D eigenvalue weighted by Gasteiger charge is -2.23. The minimum absolute atomic E-state index is 0.172. The summed E-state index contributed by atoms with van der Waals surface area (Å²) in [7, 11) is -4.18. The summed E-state index contributed by atoms with van der Waals surface area (Å²) in [5.74, 6) is -0.172. The van der Waals surface area contributed by atoms with Gasteiger partial charge in [-0.2, -0.15) is 13.7 Å². The van der Waals surface area contributed by atoms with Crippen LogP contribution >= 0.6 is 0 Å². The first-order chi connectivity index (χ1) is 6.05. The van der Waals surface area contributed by atoms with Gasteiger partial charge < -0.3 is 0 Å². The molecule has 1 aliphatic carbocycles. The molecule has 0 heterocycles. The molecule has 1 N–H and O–H groups in total. The molecule has 1 fully saturated rings. The van der Waals surface area contributed by atoms with Gasteiger partial charge in [0.1, 0.15) is 0 Å². The highest BCUT2D eigenvalue weighted by Gasteiger charge is 2.32. The van der Waals surface area contributed by atoms with Crippen LogP contribution in [0.25, 0.3) is 0 Å². The molecule has 0 radical (unpaired) electrons. The molecule has 0 saturated heterocycles. The zero-order chi connectivity index (χ0) is 9.90. The van der Waals surface area contributed by atoms with Gasteiger partial charge in [-0.25, -0.2) is 0 Å². The van der Waals surface area contributed by atoms with E-state index in [-0.39, 0.29) is 5.92 Å².